The van der Waals surface area contributed by atoms with Crippen molar-refractivity contribution in [3.63, 3.8) is 0 Å². The van der Waals surface area contributed by atoms with Crippen LogP contribution in [0.15, 0.2) is 17.0 Å². The lowest BCUT2D eigenvalue weighted by Gasteiger charge is -2.17. The molecule has 0 spiro atoms. The van der Waals surface area contributed by atoms with Gasteiger partial charge in [0.2, 0.25) is 5.91 Å². The number of aryl methyl sites for hydroxylation is 1. The van der Waals surface area contributed by atoms with E-state index in [-0.39, 0.29) is 16.7 Å². The molecule has 0 unspecified atom stereocenters. The molecule has 0 aliphatic carbocycles. The van der Waals surface area contributed by atoms with Crippen LogP contribution in [0.5, 0.6) is 0 Å². The molecular weight excluding hydrogens is 298 g/mol. The van der Waals surface area contributed by atoms with Gasteiger partial charge < -0.3 is 5.32 Å². The summed E-state index contributed by atoms with van der Waals surface area (Å²) in [6.45, 7) is 7.57. The van der Waals surface area contributed by atoms with Crippen LogP contribution in [0.2, 0.25) is 0 Å². The molecule has 1 N–H and O–H groups in total. The molecule has 1 aromatic rings. The summed E-state index contributed by atoms with van der Waals surface area (Å²) in [4.78, 5) is 11.8. The fraction of sp³-hybridized carbons (Fsp3) is 0.500. The van der Waals surface area contributed by atoms with Crippen LogP contribution in [-0.2, 0) is 13.8 Å². The smallest absolute Gasteiger partial charge is 0.261 e. The third kappa shape index (κ3) is 4.21. The summed E-state index contributed by atoms with van der Waals surface area (Å²) in [6.07, 6.45) is 1.20. The first-order valence-corrected chi connectivity index (χ1v) is 8.86. The van der Waals surface area contributed by atoms with Gasteiger partial charge in [-0.15, -0.1) is 0 Å². The average Bonchev–Trinajstić information content (AvgIpc) is 2.30. The number of hydrogen-bond acceptors (Lipinski definition) is 3. The Morgan fingerprint density at radius 2 is 1.95 bits per heavy atom. The van der Waals surface area contributed by atoms with E-state index in [0.29, 0.717) is 17.7 Å². The van der Waals surface area contributed by atoms with Crippen molar-refractivity contribution < 1.29 is 13.2 Å². The third-order valence-corrected chi connectivity index (χ3v) is 4.32. The number of hydrogen-bond donors (Lipinski definition) is 1. The highest BCUT2D eigenvalue weighted by Gasteiger charge is 2.18. The molecule has 1 amide bonds. The fourth-order valence-corrected chi connectivity index (χ4v) is 2.83. The molecule has 0 radical (unpaired) electrons. The van der Waals surface area contributed by atoms with Gasteiger partial charge in [0.15, 0.2) is 0 Å². The van der Waals surface area contributed by atoms with Crippen LogP contribution in [-0.4, -0.2) is 14.3 Å². The lowest BCUT2D eigenvalue weighted by atomic mass is 9.98. The maximum absolute atomic E-state index is 11.8. The van der Waals surface area contributed by atoms with Gasteiger partial charge in [0.05, 0.1) is 4.90 Å². The Balaban J connectivity index is 3.34. The van der Waals surface area contributed by atoms with Gasteiger partial charge in [0.25, 0.3) is 9.05 Å². The van der Waals surface area contributed by atoms with Crippen molar-refractivity contribution in [1.82, 2.24) is 0 Å². The zero-order chi connectivity index (χ0) is 15.5. The van der Waals surface area contributed by atoms with Crippen molar-refractivity contribution >= 4 is 31.3 Å². The van der Waals surface area contributed by atoms with Crippen LogP contribution < -0.4 is 5.32 Å². The van der Waals surface area contributed by atoms with Crippen molar-refractivity contribution in [3.05, 3.63) is 23.3 Å². The molecule has 0 saturated carbocycles. The Bertz CT molecular complexity index is 609. The van der Waals surface area contributed by atoms with Gasteiger partial charge in [0, 0.05) is 22.8 Å². The van der Waals surface area contributed by atoms with Crippen molar-refractivity contribution in [2.45, 2.75) is 51.3 Å². The highest BCUT2D eigenvalue weighted by atomic mass is 35.7. The van der Waals surface area contributed by atoms with Gasteiger partial charge in [-0.1, -0.05) is 20.8 Å². The number of carbonyl (C=O) groups is 1. The minimum Gasteiger partial charge on any atom is -0.326 e. The van der Waals surface area contributed by atoms with Crippen molar-refractivity contribution in [1.29, 1.82) is 0 Å². The van der Waals surface area contributed by atoms with E-state index >= 15 is 0 Å². The molecular formula is C14H20ClNO3S. The maximum atomic E-state index is 11.8. The Kier molecular flexibility index (Phi) is 5.59. The second-order valence-corrected chi connectivity index (χ2v) is 7.66. The highest BCUT2D eigenvalue weighted by molar-refractivity contribution is 8.13. The van der Waals surface area contributed by atoms with Crippen LogP contribution >= 0.6 is 10.7 Å². The van der Waals surface area contributed by atoms with E-state index in [0.717, 1.165) is 12.0 Å². The zero-order valence-electron chi connectivity index (χ0n) is 12.2. The molecule has 0 aliphatic rings. The lowest BCUT2D eigenvalue weighted by molar-refractivity contribution is -0.116. The van der Waals surface area contributed by atoms with Crippen LogP contribution in [0.25, 0.3) is 0 Å². The molecule has 0 fully saturated rings. The summed E-state index contributed by atoms with van der Waals surface area (Å²) in [5.74, 6) is 0.00275. The minimum atomic E-state index is -3.78. The van der Waals surface area contributed by atoms with Gasteiger partial charge in [-0.05, 0) is 42.5 Å². The van der Waals surface area contributed by atoms with Crippen molar-refractivity contribution in [3.8, 4) is 0 Å². The summed E-state index contributed by atoms with van der Waals surface area (Å²) < 4.78 is 22.9. The molecule has 112 valence electrons. The quantitative estimate of drug-likeness (QED) is 0.840. The number of carbonyl (C=O) groups excluding carboxylic acids is 1. The number of rotatable bonds is 5. The topological polar surface area (TPSA) is 63.2 Å². The monoisotopic (exact) mass is 317 g/mol. The molecule has 0 heterocycles. The zero-order valence-corrected chi connectivity index (χ0v) is 13.7. The number of anilines is 1. The number of benzene rings is 1. The minimum absolute atomic E-state index is 0.0638. The van der Waals surface area contributed by atoms with E-state index in [1.54, 1.807) is 6.92 Å². The molecule has 1 aromatic carbocycles. The molecule has 0 aromatic heterocycles. The SMILES string of the molecule is CCCC(=O)Nc1c(C)cc(S(=O)(=O)Cl)cc1C(C)C. The predicted octanol–water partition coefficient (Wildman–Crippen LogP) is 3.78. The summed E-state index contributed by atoms with van der Waals surface area (Å²) in [7, 11) is 1.62. The van der Waals surface area contributed by atoms with Crippen molar-refractivity contribution in [2.75, 3.05) is 5.32 Å². The largest absolute Gasteiger partial charge is 0.326 e. The van der Waals surface area contributed by atoms with E-state index in [1.807, 2.05) is 20.8 Å². The normalized spacial score (nSPS) is 11.7. The Hall–Kier alpha value is -1.07. The van der Waals surface area contributed by atoms with E-state index < -0.39 is 9.05 Å². The maximum Gasteiger partial charge on any atom is 0.261 e. The highest BCUT2D eigenvalue weighted by Crippen LogP contribution is 2.32. The van der Waals surface area contributed by atoms with E-state index in [9.17, 15) is 13.2 Å². The second kappa shape index (κ2) is 6.59. The summed E-state index contributed by atoms with van der Waals surface area (Å²) >= 11 is 0. The molecule has 6 heteroatoms. The average molecular weight is 318 g/mol. The van der Waals surface area contributed by atoms with E-state index in [1.165, 1.54) is 12.1 Å². The van der Waals surface area contributed by atoms with Gasteiger partial charge in [-0.2, -0.15) is 0 Å². The van der Waals surface area contributed by atoms with Gasteiger partial charge in [-0.3, -0.25) is 4.79 Å². The molecule has 1 rings (SSSR count). The third-order valence-electron chi connectivity index (χ3n) is 2.98. The first kappa shape index (κ1) is 17.0. The first-order valence-electron chi connectivity index (χ1n) is 6.55. The molecule has 0 bridgehead atoms. The van der Waals surface area contributed by atoms with Crippen molar-refractivity contribution in [2.24, 2.45) is 0 Å². The number of halogens is 1. The van der Waals surface area contributed by atoms with Crippen LogP contribution in [0.4, 0.5) is 5.69 Å². The van der Waals surface area contributed by atoms with Gasteiger partial charge in [0.1, 0.15) is 0 Å². The predicted molar refractivity (Wildman–Crippen MR) is 81.8 cm³/mol. The Morgan fingerprint density at radius 3 is 2.40 bits per heavy atom. The second-order valence-electron chi connectivity index (χ2n) is 5.10. The number of amides is 1. The molecule has 0 aliphatic heterocycles. The van der Waals surface area contributed by atoms with Crippen LogP contribution in [0.1, 0.15) is 50.7 Å². The summed E-state index contributed by atoms with van der Waals surface area (Å²) in [6, 6.07) is 3.01. The standard InChI is InChI=1S/C14H20ClNO3S/c1-5-6-13(17)16-14-10(4)7-11(20(15,18)19)8-12(14)9(2)3/h7-9H,5-6H2,1-4H3,(H,16,17). The Morgan fingerprint density at radius 1 is 1.35 bits per heavy atom. The summed E-state index contributed by atoms with van der Waals surface area (Å²) in [5.41, 5.74) is 2.15. The van der Waals surface area contributed by atoms with Gasteiger partial charge in [-0.25, -0.2) is 8.42 Å². The molecule has 4 nitrogen and oxygen atoms in total. The molecule has 0 saturated heterocycles. The molecule has 0 atom stereocenters. The van der Waals surface area contributed by atoms with E-state index in [4.69, 9.17) is 10.7 Å². The Labute approximate surface area is 124 Å². The fourth-order valence-electron chi connectivity index (χ4n) is 1.98. The van der Waals surface area contributed by atoms with Crippen LogP contribution in [0, 0.1) is 6.92 Å². The van der Waals surface area contributed by atoms with Gasteiger partial charge >= 0.3 is 0 Å². The summed E-state index contributed by atoms with van der Waals surface area (Å²) in [5, 5.41) is 2.86. The number of nitrogens with one attached hydrogen (secondary N) is 1. The first-order chi connectivity index (χ1) is 9.16. The van der Waals surface area contributed by atoms with Crippen LogP contribution in [0.3, 0.4) is 0 Å². The van der Waals surface area contributed by atoms with E-state index in [2.05, 4.69) is 5.32 Å². The molecule has 20 heavy (non-hydrogen) atoms. The lowest BCUT2D eigenvalue weighted by Crippen LogP contribution is -2.14.